The van der Waals surface area contributed by atoms with Gasteiger partial charge in [0, 0.05) is 5.56 Å². The summed E-state index contributed by atoms with van der Waals surface area (Å²) in [5, 5.41) is 9.59. The molecule has 15 heavy (non-hydrogen) atoms. The van der Waals surface area contributed by atoms with E-state index in [9.17, 15) is 9.50 Å². The van der Waals surface area contributed by atoms with Crippen molar-refractivity contribution in [1.29, 1.82) is 0 Å². The standard InChI is InChI=1S/C12H10FNO/c13-10-6-5-8(7-11(10)14)9-3-1-2-4-12(9)15/h1-7,15H,14H2. The minimum absolute atomic E-state index is 0.0794. The third-order valence-electron chi connectivity index (χ3n) is 2.21. The third-order valence-corrected chi connectivity index (χ3v) is 2.21. The summed E-state index contributed by atoms with van der Waals surface area (Å²) in [4.78, 5) is 0. The SMILES string of the molecule is Nc1cc(-c2ccccc2O)ccc1F. The molecule has 0 bridgehead atoms. The molecule has 2 aromatic rings. The topological polar surface area (TPSA) is 46.2 Å². The number of phenolic OH excluding ortho intramolecular Hbond substituents is 1. The molecule has 0 heterocycles. The molecule has 3 heteroatoms. The summed E-state index contributed by atoms with van der Waals surface area (Å²) < 4.78 is 12.9. The number of halogens is 1. The van der Waals surface area contributed by atoms with E-state index in [0.717, 1.165) is 0 Å². The second-order valence-electron chi connectivity index (χ2n) is 3.25. The smallest absolute Gasteiger partial charge is 0.146 e. The fourth-order valence-electron chi connectivity index (χ4n) is 1.43. The summed E-state index contributed by atoms with van der Waals surface area (Å²) in [6.45, 7) is 0. The molecule has 2 rings (SSSR count). The highest BCUT2D eigenvalue weighted by Gasteiger charge is 2.05. The maximum absolute atomic E-state index is 12.9. The van der Waals surface area contributed by atoms with Crippen LogP contribution in [0.4, 0.5) is 10.1 Å². The van der Waals surface area contributed by atoms with E-state index in [0.29, 0.717) is 11.1 Å². The summed E-state index contributed by atoms with van der Waals surface area (Å²) in [7, 11) is 0. The lowest BCUT2D eigenvalue weighted by Gasteiger charge is -2.05. The number of nitrogen functional groups attached to an aromatic ring is 1. The summed E-state index contributed by atoms with van der Waals surface area (Å²) >= 11 is 0. The lowest BCUT2D eigenvalue weighted by atomic mass is 10.0. The molecule has 0 saturated heterocycles. The van der Waals surface area contributed by atoms with Gasteiger partial charge in [0.25, 0.3) is 0 Å². The molecule has 3 N–H and O–H groups in total. The van der Waals surface area contributed by atoms with Gasteiger partial charge in [-0.05, 0) is 23.8 Å². The average Bonchev–Trinajstić information content (AvgIpc) is 2.23. The molecule has 2 aromatic carbocycles. The lowest BCUT2D eigenvalue weighted by Crippen LogP contribution is -1.90. The van der Waals surface area contributed by atoms with E-state index in [4.69, 9.17) is 5.73 Å². The predicted octanol–water partition coefficient (Wildman–Crippen LogP) is 2.78. The first-order chi connectivity index (χ1) is 7.18. The minimum Gasteiger partial charge on any atom is -0.507 e. The summed E-state index contributed by atoms with van der Waals surface area (Å²) in [6, 6.07) is 11.2. The van der Waals surface area contributed by atoms with Gasteiger partial charge < -0.3 is 10.8 Å². The number of hydrogen-bond donors (Lipinski definition) is 2. The van der Waals surface area contributed by atoms with Gasteiger partial charge in [0.2, 0.25) is 0 Å². The molecule has 0 atom stereocenters. The van der Waals surface area contributed by atoms with Crippen LogP contribution in [0, 0.1) is 5.82 Å². The fraction of sp³-hybridized carbons (Fsp3) is 0. The Bertz CT molecular complexity index is 497. The van der Waals surface area contributed by atoms with Crippen molar-refractivity contribution in [2.45, 2.75) is 0 Å². The average molecular weight is 203 g/mol. The highest BCUT2D eigenvalue weighted by atomic mass is 19.1. The molecule has 2 nitrogen and oxygen atoms in total. The van der Waals surface area contributed by atoms with E-state index in [1.165, 1.54) is 12.1 Å². The van der Waals surface area contributed by atoms with Gasteiger partial charge in [0.15, 0.2) is 0 Å². The van der Waals surface area contributed by atoms with Crippen LogP contribution in [0.2, 0.25) is 0 Å². The highest BCUT2D eigenvalue weighted by molar-refractivity contribution is 5.72. The number of aromatic hydroxyl groups is 1. The van der Waals surface area contributed by atoms with Gasteiger partial charge >= 0.3 is 0 Å². The van der Waals surface area contributed by atoms with Crippen molar-refractivity contribution in [3.63, 3.8) is 0 Å². The lowest BCUT2D eigenvalue weighted by molar-refractivity contribution is 0.477. The van der Waals surface area contributed by atoms with E-state index in [2.05, 4.69) is 0 Å². The van der Waals surface area contributed by atoms with Crippen molar-refractivity contribution >= 4 is 5.69 Å². The van der Waals surface area contributed by atoms with Gasteiger partial charge in [-0.3, -0.25) is 0 Å². The second kappa shape index (κ2) is 3.61. The van der Waals surface area contributed by atoms with Crippen LogP contribution in [0.3, 0.4) is 0 Å². The van der Waals surface area contributed by atoms with Gasteiger partial charge in [0.1, 0.15) is 11.6 Å². The van der Waals surface area contributed by atoms with Crippen LogP contribution < -0.4 is 5.73 Å². The van der Waals surface area contributed by atoms with Crippen molar-refractivity contribution in [1.82, 2.24) is 0 Å². The van der Waals surface area contributed by atoms with Crippen LogP contribution >= 0.6 is 0 Å². The van der Waals surface area contributed by atoms with Crippen molar-refractivity contribution in [3.8, 4) is 16.9 Å². The Kier molecular flexibility index (Phi) is 2.29. The van der Waals surface area contributed by atoms with Gasteiger partial charge in [0.05, 0.1) is 5.69 Å². The van der Waals surface area contributed by atoms with Gasteiger partial charge in [-0.15, -0.1) is 0 Å². The number of rotatable bonds is 1. The van der Waals surface area contributed by atoms with E-state index < -0.39 is 5.82 Å². The number of phenols is 1. The van der Waals surface area contributed by atoms with Crippen molar-refractivity contribution in [2.24, 2.45) is 0 Å². The van der Waals surface area contributed by atoms with Crippen LogP contribution in [0.5, 0.6) is 5.75 Å². The Morgan fingerprint density at radius 2 is 1.80 bits per heavy atom. The molecular weight excluding hydrogens is 193 g/mol. The van der Waals surface area contributed by atoms with Crippen LogP contribution in [0.25, 0.3) is 11.1 Å². The number of nitrogens with two attached hydrogens (primary N) is 1. The monoisotopic (exact) mass is 203 g/mol. The molecule has 0 aliphatic heterocycles. The molecule has 0 saturated carbocycles. The van der Waals surface area contributed by atoms with Crippen LogP contribution in [0.1, 0.15) is 0 Å². The first kappa shape index (κ1) is 9.52. The Labute approximate surface area is 86.8 Å². The maximum atomic E-state index is 12.9. The van der Waals surface area contributed by atoms with E-state index in [1.807, 2.05) is 0 Å². The number of hydrogen-bond acceptors (Lipinski definition) is 2. The molecule has 0 aromatic heterocycles. The quantitative estimate of drug-likeness (QED) is 0.700. The Hall–Kier alpha value is -2.03. The van der Waals surface area contributed by atoms with Crippen LogP contribution in [-0.4, -0.2) is 5.11 Å². The highest BCUT2D eigenvalue weighted by Crippen LogP contribution is 2.30. The molecule has 0 fully saturated rings. The van der Waals surface area contributed by atoms with Crippen molar-refractivity contribution < 1.29 is 9.50 Å². The van der Waals surface area contributed by atoms with Crippen LogP contribution in [-0.2, 0) is 0 Å². The molecule has 0 aliphatic rings. The predicted molar refractivity (Wildman–Crippen MR) is 57.9 cm³/mol. The summed E-state index contributed by atoms with van der Waals surface area (Å²) in [6.07, 6.45) is 0. The third kappa shape index (κ3) is 1.76. The molecule has 0 radical (unpaired) electrons. The zero-order chi connectivity index (χ0) is 10.8. The van der Waals surface area contributed by atoms with Crippen molar-refractivity contribution in [2.75, 3.05) is 5.73 Å². The first-order valence-corrected chi connectivity index (χ1v) is 4.52. The van der Waals surface area contributed by atoms with E-state index in [-0.39, 0.29) is 11.4 Å². The molecule has 0 spiro atoms. The number of benzene rings is 2. The number of anilines is 1. The van der Waals surface area contributed by atoms with E-state index in [1.54, 1.807) is 30.3 Å². The van der Waals surface area contributed by atoms with E-state index >= 15 is 0 Å². The molecule has 76 valence electrons. The van der Waals surface area contributed by atoms with Gasteiger partial charge in [-0.25, -0.2) is 4.39 Å². The fourth-order valence-corrected chi connectivity index (χ4v) is 1.43. The summed E-state index contributed by atoms with van der Waals surface area (Å²) in [5.74, 6) is -0.294. The molecule has 0 aliphatic carbocycles. The van der Waals surface area contributed by atoms with Crippen molar-refractivity contribution in [3.05, 3.63) is 48.3 Å². The second-order valence-corrected chi connectivity index (χ2v) is 3.25. The Morgan fingerprint density at radius 1 is 1.07 bits per heavy atom. The minimum atomic E-state index is -0.450. The Balaban J connectivity index is 2.55. The van der Waals surface area contributed by atoms with Crippen LogP contribution in [0.15, 0.2) is 42.5 Å². The largest absolute Gasteiger partial charge is 0.507 e. The molecule has 0 amide bonds. The summed E-state index contributed by atoms with van der Waals surface area (Å²) in [5.41, 5.74) is 6.87. The Morgan fingerprint density at radius 3 is 2.47 bits per heavy atom. The molecule has 0 unspecified atom stereocenters. The zero-order valence-corrected chi connectivity index (χ0v) is 7.94. The zero-order valence-electron chi connectivity index (χ0n) is 7.94. The van der Waals surface area contributed by atoms with Gasteiger partial charge in [-0.2, -0.15) is 0 Å². The maximum Gasteiger partial charge on any atom is 0.146 e. The first-order valence-electron chi connectivity index (χ1n) is 4.52. The molecular formula is C12H10FNO. The van der Waals surface area contributed by atoms with Gasteiger partial charge in [-0.1, -0.05) is 24.3 Å². The number of para-hydroxylation sites is 1. The normalized spacial score (nSPS) is 10.2.